The van der Waals surface area contributed by atoms with Gasteiger partial charge in [0.2, 0.25) is 11.8 Å². The van der Waals surface area contributed by atoms with Crippen molar-refractivity contribution < 1.29 is 9.53 Å². The average molecular weight is 445 g/mol. The van der Waals surface area contributed by atoms with E-state index in [1.165, 1.54) is 0 Å². The molecule has 2 aromatic heterocycles. The van der Waals surface area contributed by atoms with Gasteiger partial charge in [-0.25, -0.2) is 9.78 Å². The van der Waals surface area contributed by atoms with Gasteiger partial charge in [-0.15, -0.1) is 0 Å². The lowest BCUT2D eigenvalue weighted by molar-refractivity contribution is -0.121. The zero-order valence-electron chi connectivity index (χ0n) is 19.2. The summed E-state index contributed by atoms with van der Waals surface area (Å²) in [5.41, 5.74) is 4.68. The van der Waals surface area contributed by atoms with Gasteiger partial charge in [0, 0.05) is 38.3 Å². The van der Waals surface area contributed by atoms with Crippen LogP contribution in [0.4, 0.5) is 0 Å². The fourth-order valence-corrected chi connectivity index (χ4v) is 3.80. The van der Waals surface area contributed by atoms with Gasteiger partial charge in [-0.05, 0) is 55.7 Å². The predicted molar refractivity (Wildman–Crippen MR) is 129 cm³/mol. The lowest BCUT2D eigenvalue weighted by Gasteiger charge is -2.10. The maximum absolute atomic E-state index is 12.7. The van der Waals surface area contributed by atoms with Gasteiger partial charge in [-0.2, -0.15) is 0 Å². The summed E-state index contributed by atoms with van der Waals surface area (Å²) >= 11 is 0. The van der Waals surface area contributed by atoms with E-state index in [1.54, 1.807) is 21.4 Å². The number of nitrogens with zero attached hydrogens (tertiary/aromatic N) is 3. The van der Waals surface area contributed by atoms with Crippen LogP contribution in [0.25, 0.3) is 11.0 Å². The number of benzene rings is 2. The van der Waals surface area contributed by atoms with Gasteiger partial charge in [0.05, 0.1) is 11.0 Å². The summed E-state index contributed by atoms with van der Waals surface area (Å²) < 4.78 is 9.27. The van der Waals surface area contributed by atoms with Crippen LogP contribution in [0, 0.1) is 13.8 Å². The minimum Gasteiger partial charge on any atom is -0.439 e. The summed E-state index contributed by atoms with van der Waals surface area (Å²) in [7, 11) is 0. The zero-order chi connectivity index (χ0) is 23.4. The molecule has 0 atom stereocenters. The second kappa shape index (κ2) is 9.73. The Morgan fingerprint density at radius 3 is 2.48 bits per heavy atom. The van der Waals surface area contributed by atoms with Crippen molar-refractivity contribution in [3.05, 3.63) is 88.0 Å². The molecule has 0 saturated carbocycles. The maximum Gasteiger partial charge on any atom is 0.329 e. The summed E-state index contributed by atoms with van der Waals surface area (Å²) in [5, 5.41) is 2.90. The van der Waals surface area contributed by atoms with Crippen LogP contribution in [0.15, 0.2) is 65.6 Å². The standard InChI is InChI=1S/C26H28N4O3/c1-4-29-21-7-5-6-8-22(21)30(26(29)32)14-13-24(31)27-16-20-11-12-25(28-17-20)33-23-15-18(2)9-10-19(23)3/h5-12,15,17H,4,13-14,16H2,1-3H3,(H,27,31). The third kappa shape index (κ3) is 4.98. The van der Waals surface area contributed by atoms with Crippen LogP contribution >= 0.6 is 0 Å². The highest BCUT2D eigenvalue weighted by Gasteiger charge is 2.13. The highest BCUT2D eigenvalue weighted by Crippen LogP contribution is 2.24. The highest BCUT2D eigenvalue weighted by molar-refractivity contribution is 5.78. The molecule has 0 aliphatic heterocycles. The van der Waals surface area contributed by atoms with Gasteiger partial charge < -0.3 is 10.1 Å². The smallest absolute Gasteiger partial charge is 0.329 e. The molecule has 0 fully saturated rings. The second-order valence-corrected chi connectivity index (χ2v) is 8.07. The van der Waals surface area contributed by atoms with Crippen LogP contribution in [0.5, 0.6) is 11.6 Å². The Bertz CT molecular complexity index is 1340. The Balaban J connectivity index is 1.33. The molecule has 2 aromatic carbocycles. The van der Waals surface area contributed by atoms with E-state index >= 15 is 0 Å². The third-order valence-electron chi connectivity index (χ3n) is 5.65. The van der Waals surface area contributed by atoms with Crippen molar-refractivity contribution in [1.29, 1.82) is 0 Å². The summed E-state index contributed by atoms with van der Waals surface area (Å²) in [6.45, 7) is 7.24. The monoisotopic (exact) mass is 444 g/mol. The van der Waals surface area contributed by atoms with Crippen LogP contribution < -0.4 is 15.7 Å². The highest BCUT2D eigenvalue weighted by atomic mass is 16.5. The maximum atomic E-state index is 12.7. The van der Waals surface area contributed by atoms with E-state index < -0.39 is 0 Å². The van der Waals surface area contributed by atoms with Gasteiger partial charge in [0.15, 0.2) is 0 Å². The molecule has 170 valence electrons. The first-order chi connectivity index (χ1) is 16.0. The number of imidazole rings is 1. The molecular formula is C26H28N4O3. The Morgan fingerprint density at radius 1 is 1.03 bits per heavy atom. The summed E-state index contributed by atoms with van der Waals surface area (Å²) in [6, 6.07) is 17.4. The van der Waals surface area contributed by atoms with Crippen LogP contribution in [-0.2, 0) is 24.4 Å². The first-order valence-electron chi connectivity index (χ1n) is 11.1. The van der Waals surface area contributed by atoms with Crippen molar-refractivity contribution in [2.75, 3.05) is 0 Å². The summed E-state index contributed by atoms with van der Waals surface area (Å²) in [4.78, 5) is 29.5. The van der Waals surface area contributed by atoms with Gasteiger partial charge in [-0.3, -0.25) is 13.9 Å². The van der Waals surface area contributed by atoms with Crippen LogP contribution in [0.2, 0.25) is 0 Å². The molecule has 0 aliphatic carbocycles. The minimum atomic E-state index is -0.119. The van der Waals surface area contributed by atoms with E-state index in [4.69, 9.17) is 4.74 Å². The van der Waals surface area contributed by atoms with Gasteiger partial charge in [0.25, 0.3) is 0 Å². The van der Waals surface area contributed by atoms with Gasteiger partial charge >= 0.3 is 5.69 Å². The number of hydrogen-bond acceptors (Lipinski definition) is 4. The Labute approximate surface area is 192 Å². The van der Waals surface area contributed by atoms with Crippen molar-refractivity contribution in [1.82, 2.24) is 19.4 Å². The molecule has 0 bridgehead atoms. The molecule has 0 radical (unpaired) electrons. The fraction of sp³-hybridized carbons (Fsp3) is 0.269. The fourth-order valence-electron chi connectivity index (χ4n) is 3.80. The van der Waals surface area contributed by atoms with Crippen LogP contribution in [0.1, 0.15) is 30.0 Å². The minimum absolute atomic E-state index is 0.0878. The SMILES string of the molecule is CCn1c(=O)n(CCC(=O)NCc2ccc(Oc3cc(C)ccc3C)nc2)c2ccccc21. The quantitative estimate of drug-likeness (QED) is 0.439. The molecule has 2 heterocycles. The number of ether oxygens (including phenoxy) is 1. The number of amides is 1. The van der Waals surface area contributed by atoms with Crippen molar-refractivity contribution in [2.45, 2.75) is 46.8 Å². The average Bonchev–Trinajstić information content (AvgIpc) is 3.10. The van der Waals surface area contributed by atoms with Gasteiger partial charge in [0.1, 0.15) is 5.75 Å². The molecule has 33 heavy (non-hydrogen) atoms. The molecule has 7 heteroatoms. The van der Waals surface area contributed by atoms with E-state index in [1.807, 2.05) is 69.3 Å². The number of aryl methyl sites for hydroxylation is 4. The Kier molecular flexibility index (Phi) is 6.58. The molecule has 0 spiro atoms. The Morgan fingerprint density at radius 2 is 1.79 bits per heavy atom. The molecule has 1 amide bonds. The third-order valence-corrected chi connectivity index (χ3v) is 5.65. The van der Waals surface area contributed by atoms with Gasteiger partial charge in [-0.1, -0.05) is 30.3 Å². The normalized spacial score (nSPS) is 11.0. The van der Waals surface area contributed by atoms with Crippen molar-refractivity contribution >= 4 is 16.9 Å². The molecule has 0 unspecified atom stereocenters. The van der Waals surface area contributed by atoms with Crippen LogP contribution in [-0.4, -0.2) is 20.0 Å². The molecule has 0 saturated heterocycles. The number of rotatable bonds is 8. The number of carbonyl (C=O) groups is 1. The van der Waals surface area contributed by atoms with Crippen molar-refractivity contribution in [3.63, 3.8) is 0 Å². The molecule has 4 rings (SSSR count). The summed E-state index contributed by atoms with van der Waals surface area (Å²) in [5.74, 6) is 1.17. The first kappa shape index (κ1) is 22.3. The number of nitrogens with one attached hydrogen (secondary N) is 1. The van der Waals surface area contributed by atoms with E-state index in [0.29, 0.717) is 25.5 Å². The predicted octanol–water partition coefficient (Wildman–Crippen LogP) is 4.33. The number of pyridine rings is 1. The summed E-state index contributed by atoms with van der Waals surface area (Å²) in [6.07, 6.45) is 1.92. The lowest BCUT2D eigenvalue weighted by Crippen LogP contribution is -2.28. The molecule has 4 aromatic rings. The van der Waals surface area contributed by atoms with Crippen molar-refractivity contribution in [2.24, 2.45) is 0 Å². The van der Waals surface area contributed by atoms with E-state index in [9.17, 15) is 9.59 Å². The molecular weight excluding hydrogens is 416 g/mol. The lowest BCUT2D eigenvalue weighted by atomic mass is 10.1. The largest absolute Gasteiger partial charge is 0.439 e. The Hall–Kier alpha value is -3.87. The molecule has 7 nitrogen and oxygen atoms in total. The zero-order valence-corrected chi connectivity index (χ0v) is 19.2. The first-order valence-corrected chi connectivity index (χ1v) is 11.1. The molecule has 1 N–H and O–H groups in total. The number of hydrogen-bond donors (Lipinski definition) is 1. The van der Waals surface area contributed by atoms with E-state index in [2.05, 4.69) is 10.3 Å². The van der Waals surface area contributed by atoms with Crippen LogP contribution in [0.3, 0.4) is 0 Å². The second-order valence-electron chi connectivity index (χ2n) is 8.07. The van der Waals surface area contributed by atoms with Crippen molar-refractivity contribution in [3.8, 4) is 11.6 Å². The number of aromatic nitrogens is 3. The number of carbonyl (C=O) groups excluding carboxylic acids is 1. The topological polar surface area (TPSA) is 78.2 Å². The number of fused-ring (bicyclic) bond motifs is 1. The molecule has 0 aliphatic rings. The van der Waals surface area contributed by atoms with E-state index in [-0.39, 0.29) is 18.0 Å². The number of para-hydroxylation sites is 2. The van der Waals surface area contributed by atoms with E-state index in [0.717, 1.165) is 33.5 Å².